The minimum Gasteiger partial charge on any atom is -0.434 e. The number of amides is 1. The second kappa shape index (κ2) is 7.03. The summed E-state index contributed by atoms with van der Waals surface area (Å²) in [6.45, 7) is 3.39. The number of carbonyl (C=O) groups is 1. The average molecular weight is 249 g/mol. The van der Waals surface area contributed by atoms with Gasteiger partial charge in [-0.2, -0.15) is 0 Å². The van der Waals surface area contributed by atoms with E-state index in [9.17, 15) is 4.79 Å². The zero-order chi connectivity index (χ0) is 13.5. The first-order chi connectivity index (χ1) is 8.63. The summed E-state index contributed by atoms with van der Waals surface area (Å²) in [5.74, 6) is -0.119. The van der Waals surface area contributed by atoms with Crippen molar-refractivity contribution in [3.63, 3.8) is 0 Å². The van der Waals surface area contributed by atoms with E-state index >= 15 is 0 Å². The molecule has 0 bridgehead atoms. The molecule has 1 amide bonds. The number of anilines is 1. The van der Waals surface area contributed by atoms with Crippen molar-refractivity contribution in [3.8, 4) is 0 Å². The van der Waals surface area contributed by atoms with E-state index in [2.05, 4.69) is 10.5 Å². The molecule has 0 radical (unpaired) electrons. The maximum Gasteiger partial charge on any atom is 0.253 e. The lowest BCUT2D eigenvalue weighted by Gasteiger charge is -2.13. The zero-order valence-electron chi connectivity index (χ0n) is 11.2. The van der Waals surface area contributed by atoms with Crippen LogP contribution in [0.25, 0.3) is 0 Å². The number of benzene rings is 1. The van der Waals surface area contributed by atoms with Gasteiger partial charge in [0.15, 0.2) is 0 Å². The summed E-state index contributed by atoms with van der Waals surface area (Å²) in [5, 5.41) is 5.83. The number of hydrogen-bond donors (Lipinski definition) is 3. The van der Waals surface area contributed by atoms with Gasteiger partial charge in [-0.25, -0.2) is 0 Å². The SMILES string of the molecule is BNc1cc(C)c(CN)cc1C(=O)NCCOC. The maximum atomic E-state index is 12.0. The minimum atomic E-state index is -0.119. The normalized spacial score (nSPS) is 10.2. The second-order valence-corrected chi connectivity index (χ2v) is 4.03. The number of nitrogens with two attached hydrogens (primary N) is 1. The van der Waals surface area contributed by atoms with E-state index in [1.807, 2.05) is 19.1 Å². The van der Waals surface area contributed by atoms with Gasteiger partial charge in [-0.3, -0.25) is 4.79 Å². The molecule has 0 aromatic heterocycles. The van der Waals surface area contributed by atoms with Gasteiger partial charge < -0.3 is 21.0 Å². The van der Waals surface area contributed by atoms with Gasteiger partial charge in [-0.15, -0.1) is 0 Å². The molecule has 5 nitrogen and oxygen atoms in total. The fraction of sp³-hybridized carbons (Fsp3) is 0.417. The number of nitrogens with one attached hydrogen (secondary N) is 2. The summed E-state index contributed by atoms with van der Waals surface area (Å²) in [7, 11) is 3.40. The molecule has 1 rings (SSSR count). The summed E-state index contributed by atoms with van der Waals surface area (Å²) >= 11 is 0. The molecule has 0 heterocycles. The Morgan fingerprint density at radius 3 is 2.78 bits per heavy atom. The van der Waals surface area contributed by atoms with Crippen molar-refractivity contribution >= 4 is 19.6 Å². The summed E-state index contributed by atoms with van der Waals surface area (Å²) in [6, 6.07) is 3.77. The molecule has 1 aromatic carbocycles. The molecule has 0 aliphatic carbocycles. The van der Waals surface area contributed by atoms with Crippen LogP contribution in [0.3, 0.4) is 0 Å². The molecule has 6 heteroatoms. The Kier molecular flexibility index (Phi) is 5.68. The molecule has 98 valence electrons. The minimum absolute atomic E-state index is 0.119. The molecule has 0 unspecified atom stereocenters. The summed E-state index contributed by atoms with van der Waals surface area (Å²) in [4.78, 5) is 12.0. The largest absolute Gasteiger partial charge is 0.434 e. The van der Waals surface area contributed by atoms with Crippen LogP contribution in [0.4, 0.5) is 5.69 Å². The lowest BCUT2D eigenvalue weighted by molar-refractivity contribution is 0.0938. The van der Waals surface area contributed by atoms with Crippen LogP contribution in [0.2, 0.25) is 0 Å². The van der Waals surface area contributed by atoms with Crippen LogP contribution in [0.15, 0.2) is 12.1 Å². The molecule has 4 N–H and O–H groups in total. The maximum absolute atomic E-state index is 12.0. The molecule has 0 saturated carbocycles. The molecule has 0 fully saturated rings. The summed E-state index contributed by atoms with van der Waals surface area (Å²) < 4.78 is 4.90. The van der Waals surface area contributed by atoms with Crippen LogP contribution in [-0.4, -0.2) is 34.1 Å². The molecule has 0 spiro atoms. The Labute approximate surface area is 109 Å². The van der Waals surface area contributed by atoms with Crippen molar-refractivity contribution < 1.29 is 9.53 Å². The predicted octanol–water partition coefficient (Wildman–Crippen LogP) is -0.210. The number of methoxy groups -OCH3 is 1. The van der Waals surface area contributed by atoms with Crippen molar-refractivity contribution in [2.75, 3.05) is 25.5 Å². The number of carbonyl (C=O) groups excluding carboxylic acids is 1. The highest BCUT2D eigenvalue weighted by Crippen LogP contribution is 2.20. The fourth-order valence-corrected chi connectivity index (χ4v) is 1.73. The van der Waals surface area contributed by atoms with E-state index in [4.69, 9.17) is 10.5 Å². The monoisotopic (exact) mass is 249 g/mol. The lowest BCUT2D eigenvalue weighted by atomic mass is 10.0. The highest BCUT2D eigenvalue weighted by molar-refractivity contribution is 6.18. The van der Waals surface area contributed by atoms with Gasteiger partial charge in [0, 0.05) is 25.9 Å². The first-order valence-corrected chi connectivity index (χ1v) is 5.92. The van der Waals surface area contributed by atoms with Gasteiger partial charge in [0.1, 0.15) is 0 Å². The van der Waals surface area contributed by atoms with Crippen LogP contribution in [0.1, 0.15) is 21.5 Å². The molecule has 1 aromatic rings. The standard InChI is InChI=1S/C12H20BN3O2/c1-8-5-11(16-13)10(6-9(8)7-14)12(17)15-3-4-18-2/h5-6,16H,3-4,7,13-14H2,1-2H3,(H,15,17). The Bertz CT molecular complexity index is 424. The number of aryl methyl sites for hydroxylation is 1. The molecular weight excluding hydrogens is 229 g/mol. The summed E-state index contributed by atoms with van der Waals surface area (Å²) in [5.41, 5.74) is 9.13. The van der Waals surface area contributed by atoms with Gasteiger partial charge in [0.2, 0.25) is 7.98 Å². The topological polar surface area (TPSA) is 76.4 Å². The van der Waals surface area contributed by atoms with Gasteiger partial charge in [0.05, 0.1) is 12.2 Å². The van der Waals surface area contributed by atoms with Crippen molar-refractivity contribution in [3.05, 3.63) is 28.8 Å². The zero-order valence-corrected chi connectivity index (χ0v) is 11.2. The molecule has 0 saturated heterocycles. The molecule has 0 aliphatic heterocycles. The van der Waals surface area contributed by atoms with Crippen molar-refractivity contribution in [2.45, 2.75) is 13.5 Å². The quantitative estimate of drug-likeness (QED) is 0.481. The van der Waals surface area contributed by atoms with Gasteiger partial charge in [-0.1, -0.05) is 0 Å². The van der Waals surface area contributed by atoms with E-state index in [0.29, 0.717) is 25.3 Å². The van der Waals surface area contributed by atoms with E-state index < -0.39 is 0 Å². The van der Waals surface area contributed by atoms with E-state index in [1.54, 1.807) is 15.1 Å². The molecule has 18 heavy (non-hydrogen) atoms. The van der Waals surface area contributed by atoms with Crippen molar-refractivity contribution in [1.82, 2.24) is 5.32 Å². The van der Waals surface area contributed by atoms with Gasteiger partial charge in [-0.05, 0) is 30.2 Å². The highest BCUT2D eigenvalue weighted by atomic mass is 16.5. The van der Waals surface area contributed by atoms with Crippen LogP contribution in [0, 0.1) is 6.92 Å². The van der Waals surface area contributed by atoms with E-state index in [0.717, 1.165) is 16.8 Å². The van der Waals surface area contributed by atoms with Crippen molar-refractivity contribution in [1.29, 1.82) is 0 Å². The average Bonchev–Trinajstić information content (AvgIpc) is 2.38. The van der Waals surface area contributed by atoms with Gasteiger partial charge >= 0.3 is 0 Å². The number of hydrogen-bond acceptors (Lipinski definition) is 4. The molecule has 0 aliphatic rings. The third-order valence-corrected chi connectivity index (χ3v) is 2.80. The Morgan fingerprint density at radius 1 is 1.50 bits per heavy atom. The number of ether oxygens (including phenoxy) is 1. The second-order valence-electron chi connectivity index (χ2n) is 4.03. The van der Waals surface area contributed by atoms with E-state index in [1.165, 1.54) is 0 Å². The first kappa shape index (κ1) is 14.5. The Hall–Kier alpha value is -1.53. The lowest BCUT2D eigenvalue weighted by Crippen LogP contribution is -2.28. The highest BCUT2D eigenvalue weighted by Gasteiger charge is 2.12. The molecular formula is C12H20BN3O2. The van der Waals surface area contributed by atoms with Gasteiger partial charge in [0.25, 0.3) is 5.91 Å². The fourth-order valence-electron chi connectivity index (χ4n) is 1.73. The summed E-state index contributed by atoms with van der Waals surface area (Å²) in [6.07, 6.45) is 0. The number of rotatable bonds is 6. The first-order valence-electron chi connectivity index (χ1n) is 5.92. The Morgan fingerprint density at radius 2 is 2.22 bits per heavy atom. The third-order valence-electron chi connectivity index (χ3n) is 2.80. The van der Waals surface area contributed by atoms with Crippen LogP contribution < -0.4 is 16.3 Å². The van der Waals surface area contributed by atoms with Crippen molar-refractivity contribution in [2.24, 2.45) is 5.73 Å². The van der Waals surface area contributed by atoms with Crippen LogP contribution >= 0.6 is 0 Å². The predicted molar refractivity (Wildman–Crippen MR) is 75.4 cm³/mol. The third kappa shape index (κ3) is 3.48. The smallest absolute Gasteiger partial charge is 0.253 e. The Balaban J connectivity index is 2.94. The van der Waals surface area contributed by atoms with E-state index in [-0.39, 0.29) is 5.91 Å². The van der Waals surface area contributed by atoms with Crippen LogP contribution in [-0.2, 0) is 11.3 Å². The molecule has 0 atom stereocenters. The van der Waals surface area contributed by atoms with Crippen LogP contribution in [0.5, 0.6) is 0 Å².